The molecule has 104 valence electrons. The van der Waals surface area contributed by atoms with E-state index in [1.165, 1.54) is 7.11 Å². The summed E-state index contributed by atoms with van der Waals surface area (Å²) in [6.45, 7) is 5.42. The molecule has 6 nitrogen and oxygen atoms in total. The third-order valence-electron chi connectivity index (χ3n) is 3.22. The smallest absolute Gasteiger partial charge is 0.323 e. The summed E-state index contributed by atoms with van der Waals surface area (Å²) >= 11 is 5.79. The Kier molecular flexibility index (Phi) is 4.34. The lowest BCUT2D eigenvalue weighted by Gasteiger charge is -2.35. The normalized spacial score (nSPS) is 22.0. The van der Waals surface area contributed by atoms with E-state index >= 15 is 0 Å². The van der Waals surface area contributed by atoms with Crippen LogP contribution in [0.25, 0.3) is 0 Å². The van der Waals surface area contributed by atoms with Crippen molar-refractivity contribution in [3.8, 4) is 0 Å². The summed E-state index contributed by atoms with van der Waals surface area (Å²) in [7, 11) is -1.43. The Morgan fingerprint density at radius 3 is 2.22 bits per heavy atom. The molecule has 0 aromatic heterocycles. The van der Waals surface area contributed by atoms with Crippen LogP contribution in [-0.4, -0.2) is 71.7 Å². The van der Waals surface area contributed by atoms with E-state index < -0.39 is 13.6 Å². The Hall–Kier alpha value is -0.130. The molecule has 2 rings (SSSR count). The maximum Gasteiger partial charge on any atom is 0.323 e. The van der Waals surface area contributed by atoms with Crippen LogP contribution >= 0.6 is 19.2 Å². The lowest BCUT2D eigenvalue weighted by atomic mass is 10.3. The van der Waals surface area contributed by atoms with Gasteiger partial charge in [-0.15, -0.1) is 11.6 Å². The van der Waals surface area contributed by atoms with Gasteiger partial charge in [-0.3, -0.25) is 9.36 Å². The van der Waals surface area contributed by atoms with Crippen molar-refractivity contribution in [3.63, 3.8) is 0 Å². The lowest BCUT2D eigenvalue weighted by molar-refractivity contribution is -0.144. The molecule has 2 fully saturated rings. The Bertz CT molecular complexity index is 357. The quantitative estimate of drug-likeness (QED) is 0.300. The molecule has 1 atom stereocenters. The highest BCUT2D eigenvalue weighted by Gasteiger charge is 2.53. The molecular weight excluding hydrogens is 277 g/mol. The maximum atomic E-state index is 13.2. The van der Waals surface area contributed by atoms with Gasteiger partial charge in [-0.1, -0.05) is 0 Å². The standard InChI is InChI=1S/C10H19ClN3O3P/c1-9(10(15)17-2)14(4-3-11)18(16,12-5-6-12)13-7-8-13/h9H,3-8H2,1-2H3/t9-/m0/s1. The molecule has 0 radical (unpaired) electrons. The summed E-state index contributed by atoms with van der Waals surface area (Å²) < 4.78 is 23.5. The number of nitrogens with zero attached hydrogens (tertiary/aromatic N) is 3. The number of carbonyl (C=O) groups excluding carboxylic acids is 1. The third kappa shape index (κ3) is 2.58. The molecule has 2 aliphatic heterocycles. The molecule has 2 heterocycles. The number of carbonyl (C=O) groups is 1. The molecule has 8 heteroatoms. The van der Waals surface area contributed by atoms with Crippen molar-refractivity contribution in [2.45, 2.75) is 13.0 Å². The van der Waals surface area contributed by atoms with E-state index in [-0.39, 0.29) is 5.97 Å². The van der Waals surface area contributed by atoms with Gasteiger partial charge in [0.25, 0.3) is 7.59 Å². The molecule has 0 bridgehead atoms. The molecule has 2 aliphatic rings. The van der Waals surface area contributed by atoms with Crippen LogP contribution < -0.4 is 0 Å². The molecule has 0 amide bonds. The van der Waals surface area contributed by atoms with E-state index in [4.69, 9.17) is 16.3 Å². The molecule has 0 aromatic carbocycles. The first-order chi connectivity index (χ1) is 8.55. The molecule has 18 heavy (non-hydrogen) atoms. The van der Waals surface area contributed by atoms with Crippen LogP contribution in [0.4, 0.5) is 0 Å². The van der Waals surface area contributed by atoms with Gasteiger partial charge in [-0.2, -0.15) is 0 Å². The van der Waals surface area contributed by atoms with Gasteiger partial charge in [0.1, 0.15) is 6.04 Å². The zero-order chi connectivity index (χ0) is 13.3. The van der Waals surface area contributed by atoms with Crippen LogP contribution in [0.3, 0.4) is 0 Å². The molecule has 0 saturated carbocycles. The van der Waals surface area contributed by atoms with Crippen molar-refractivity contribution in [2.75, 3.05) is 45.7 Å². The van der Waals surface area contributed by atoms with Crippen LogP contribution in [0, 0.1) is 0 Å². The van der Waals surface area contributed by atoms with Crippen LogP contribution in [-0.2, 0) is 14.1 Å². The van der Waals surface area contributed by atoms with E-state index in [0.717, 1.165) is 26.2 Å². The average Bonchev–Trinajstić information content (AvgIpc) is 3.21. The number of ether oxygens (including phenoxy) is 1. The third-order valence-corrected chi connectivity index (χ3v) is 6.88. The summed E-state index contributed by atoms with van der Waals surface area (Å²) in [6, 6.07) is -0.541. The Balaban J connectivity index is 2.21. The molecule has 2 saturated heterocycles. The number of halogens is 1. The largest absolute Gasteiger partial charge is 0.468 e. The number of hydrogen-bond donors (Lipinski definition) is 0. The summed E-state index contributed by atoms with van der Waals surface area (Å²) in [6.07, 6.45) is 0. The zero-order valence-corrected chi connectivity index (χ0v) is 12.4. The van der Waals surface area contributed by atoms with Gasteiger partial charge in [-0.05, 0) is 6.92 Å². The molecule has 0 aliphatic carbocycles. The van der Waals surface area contributed by atoms with Gasteiger partial charge in [0, 0.05) is 38.6 Å². The Morgan fingerprint density at radius 2 is 1.89 bits per heavy atom. The molecule has 0 aromatic rings. The second-order valence-electron chi connectivity index (χ2n) is 4.47. The minimum Gasteiger partial charge on any atom is -0.468 e. The van der Waals surface area contributed by atoms with Crippen molar-refractivity contribution in [1.29, 1.82) is 0 Å². The number of esters is 1. The second kappa shape index (κ2) is 5.47. The predicted molar refractivity (Wildman–Crippen MR) is 69.7 cm³/mol. The van der Waals surface area contributed by atoms with Gasteiger partial charge in [0.05, 0.1) is 7.11 Å². The van der Waals surface area contributed by atoms with Gasteiger partial charge >= 0.3 is 5.97 Å². The summed E-state index contributed by atoms with van der Waals surface area (Å²) in [5.41, 5.74) is 0. The number of alkyl halides is 1. The van der Waals surface area contributed by atoms with E-state index in [1.807, 2.05) is 9.34 Å². The van der Waals surface area contributed by atoms with Crippen LogP contribution in [0.5, 0.6) is 0 Å². The Labute approximate surface area is 112 Å². The second-order valence-corrected chi connectivity index (χ2v) is 7.52. The zero-order valence-electron chi connectivity index (χ0n) is 10.7. The maximum absolute atomic E-state index is 13.2. The fraction of sp³-hybridized carbons (Fsp3) is 0.900. The van der Waals surface area contributed by atoms with Crippen molar-refractivity contribution in [3.05, 3.63) is 0 Å². The molecule has 0 unspecified atom stereocenters. The van der Waals surface area contributed by atoms with Crippen molar-refractivity contribution in [1.82, 2.24) is 14.0 Å². The minimum absolute atomic E-state index is 0.340. The SMILES string of the molecule is COC(=O)[C@H](C)N(CCCl)P(=O)(N1CC1)N1CC1. The summed E-state index contributed by atoms with van der Waals surface area (Å²) in [5, 5.41) is 0. The van der Waals surface area contributed by atoms with E-state index in [9.17, 15) is 9.36 Å². The predicted octanol–water partition coefficient (Wildman–Crippen LogP) is 0.828. The van der Waals surface area contributed by atoms with Gasteiger partial charge < -0.3 is 4.74 Å². The van der Waals surface area contributed by atoms with Crippen molar-refractivity contribution in [2.24, 2.45) is 0 Å². The van der Waals surface area contributed by atoms with Crippen LogP contribution in [0.15, 0.2) is 0 Å². The summed E-state index contributed by atoms with van der Waals surface area (Å²) in [5.74, 6) is -0.0310. The van der Waals surface area contributed by atoms with Gasteiger partial charge in [0.15, 0.2) is 0 Å². The van der Waals surface area contributed by atoms with Gasteiger partial charge in [0.2, 0.25) is 0 Å². The highest BCUT2D eigenvalue weighted by atomic mass is 35.5. The first-order valence-corrected chi connectivity index (χ1v) is 8.17. The fourth-order valence-electron chi connectivity index (χ4n) is 2.04. The van der Waals surface area contributed by atoms with Crippen LogP contribution in [0.1, 0.15) is 6.92 Å². The van der Waals surface area contributed by atoms with Gasteiger partial charge in [-0.25, -0.2) is 14.0 Å². The minimum atomic E-state index is -2.78. The van der Waals surface area contributed by atoms with Crippen LogP contribution in [0.2, 0.25) is 0 Å². The average molecular weight is 296 g/mol. The highest BCUT2D eigenvalue weighted by molar-refractivity contribution is 7.57. The molecular formula is C10H19ClN3O3P. The van der Waals surface area contributed by atoms with Crippen molar-refractivity contribution >= 4 is 25.2 Å². The first-order valence-electron chi connectivity index (χ1n) is 6.07. The summed E-state index contributed by atoms with van der Waals surface area (Å²) in [4.78, 5) is 11.7. The molecule has 0 spiro atoms. The lowest BCUT2D eigenvalue weighted by Crippen LogP contribution is -2.41. The number of rotatable bonds is 7. The highest BCUT2D eigenvalue weighted by Crippen LogP contribution is 2.63. The monoisotopic (exact) mass is 295 g/mol. The molecule has 0 N–H and O–H groups in total. The Morgan fingerprint density at radius 1 is 1.39 bits per heavy atom. The fourth-order valence-corrected chi connectivity index (χ4v) is 5.48. The van der Waals surface area contributed by atoms with Crippen molar-refractivity contribution < 1.29 is 14.1 Å². The topological polar surface area (TPSA) is 52.6 Å². The number of hydrogen-bond acceptors (Lipinski definition) is 3. The first kappa shape index (κ1) is 14.3. The van der Waals surface area contributed by atoms with E-state index in [0.29, 0.717) is 12.4 Å². The van der Waals surface area contributed by atoms with E-state index in [2.05, 4.69) is 0 Å². The number of methoxy groups -OCH3 is 1. The van der Waals surface area contributed by atoms with E-state index in [1.54, 1.807) is 11.6 Å².